The fourth-order valence-corrected chi connectivity index (χ4v) is 1.04. The van der Waals surface area contributed by atoms with Gasteiger partial charge in [0.2, 0.25) is 12.2 Å². The Morgan fingerprint density at radius 3 is 2.50 bits per heavy atom. The van der Waals surface area contributed by atoms with E-state index in [1.165, 1.54) is 0 Å². The number of nitrogen functional groups attached to an aromatic ring is 1. The average Bonchev–Trinajstić information content (AvgIpc) is 2.17. The van der Waals surface area contributed by atoms with Gasteiger partial charge in [-0.2, -0.15) is 0 Å². The minimum Gasteiger partial charge on any atom is -0.368 e. The van der Waals surface area contributed by atoms with E-state index in [9.17, 15) is 0 Å². The third-order valence-corrected chi connectivity index (χ3v) is 1.57. The second kappa shape index (κ2) is 5.51. The molecule has 5 nitrogen and oxygen atoms in total. The quantitative estimate of drug-likeness (QED) is 0.716. The number of hydrogen-bond donors (Lipinski definition) is 1. The zero-order valence-corrected chi connectivity index (χ0v) is 8.43. The van der Waals surface area contributed by atoms with Crippen molar-refractivity contribution >= 4 is 5.95 Å². The van der Waals surface area contributed by atoms with Crippen molar-refractivity contribution in [2.24, 2.45) is 0 Å². The van der Waals surface area contributed by atoms with E-state index >= 15 is 0 Å². The summed E-state index contributed by atoms with van der Waals surface area (Å²) in [4.78, 5) is 7.83. The summed E-state index contributed by atoms with van der Waals surface area (Å²) in [5.74, 6) is 0.229. The molecule has 0 fully saturated rings. The van der Waals surface area contributed by atoms with Crippen molar-refractivity contribution in [2.45, 2.75) is 20.1 Å². The third kappa shape index (κ3) is 2.93. The first-order valence-electron chi connectivity index (χ1n) is 4.59. The van der Waals surface area contributed by atoms with Crippen LogP contribution in [0.4, 0.5) is 5.95 Å². The van der Waals surface area contributed by atoms with E-state index in [1.807, 2.05) is 13.8 Å². The van der Waals surface area contributed by atoms with Crippen LogP contribution in [-0.2, 0) is 9.47 Å². The van der Waals surface area contributed by atoms with Crippen LogP contribution in [0.15, 0.2) is 12.3 Å². The highest BCUT2D eigenvalue weighted by Gasteiger charge is 2.12. The molecule has 0 spiro atoms. The van der Waals surface area contributed by atoms with Crippen molar-refractivity contribution in [3.63, 3.8) is 0 Å². The van der Waals surface area contributed by atoms with Gasteiger partial charge in [-0.25, -0.2) is 9.97 Å². The van der Waals surface area contributed by atoms with Gasteiger partial charge in [0, 0.05) is 19.4 Å². The molecule has 5 heteroatoms. The maximum atomic E-state index is 5.46. The van der Waals surface area contributed by atoms with Crippen LogP contribution < -0.4 is 5.73 Å². The largest absolute Gasteiger partial charge is 0.368 e. The fraction of sp³-hybridized carbons (Fsp3) is 0.556. The number of ether oxygens (including phenoxy) is 2. The standard InChI is InChI=1S/C9H15N3O2/c1-3-13-8(14-4-2)7-5-6-11-9(10)12-7/h5-6,8H,3-4H2,1-2H3,(H2,10,11,12). The van der Waals surface area contributed by atoms with Crippen molar-refractivity contribution in [2.75, 3.05) is 18.9 Å². The predicted molar refractivity (Wildman–Crippen MR) is 52.4 cm³/mol. The molecule has 0 atom stereocenters. The maximum Gasteiger partial charge on any atom is 0.220 e. The summed E-state index contributed by atoms with van der Waals surface area (Å²) in [6, 6.07) is 1.73. The second-order valence-corrected chi connectivity index (χ2v) is 2.58. The molecular weight excluding hydrogens is 182 g/mol. The van der Waals surface area contributed by atoms with E-state index in [1.54, 1.807) is 12.3 Å². The van der Waals surface area contributed by atoms with Crippen LogP contribution in [0.25, 0.3) is 0 Å². The van der Waals surface area contributed by atoms with E-state index in [0.717, 1.165) is 0 Å². The highest BCUT2D eigenvalue weighted by Crippen LogP contribution is 2.16. The van der Waals surface area contributed by atoms with E-state index in [-0.39, 0.29) is 5.95 Å². The van der Waals surface area contributed by atoms with Gasteiger partial charge >= 0.3 is 0 Å². The summed E-state index contributed by atoms with van der Waals surface area (Å²) in [5, 5.41) is 0. The van der Waals surface area contributed by atoms with Gasteiger partial charge in [0.15, 0.2) is 0 Å². The zero-order valence-electron chi connectivity index (χ0n) is 8.43. The lowest BCUT2D eigenvalue weighted by Gasteiger charge is -2.15. The number of aromatic nitrogens is 2. The van der Waals surface area contributed by atoms with Gasteiger partial charge in [-0.1, -0.05) is 0 Å². The molecule has 1 heterocycles. The highest BCUT2D eigenvalue weighted by molar-refractivity contribution is 5.17. The summed E-state index contributed by atoms with van der Waals surface area (Å²) in [6.45, 7) is 4.93. The minimum absolute atomic E-state index is 0.229. The smallest absolute Gasteiger partial charge is 0.220 e. The molecule has 0 amide bonds. The van der Waals surface area contributed by atoms with E-state index in [0.29, 0.717) is 18.9 Å². The van der Waals surface area contributed by atoms with Crippen LogP contribution in [0, 0.1) is 0 Å². The summed E-state index contributed by atoms with van der Waals surface area (Å²) in [5.41, 5.74) is 6.11. The second-order valence-electron chi connectivity index (χ2n) is 2.58. The van der Waals surface area contributed by atoms with Crippen LogP contribution in [0.1, 0.15) is 25.8 Å². The van der Waals surface area contributed by atoms with Crippen LogP contribution in [0.3, 0.4) is 0 Å². The molecule has 1 aromatic heterocycles. The van der Waals surface area contributed by atoms with Crippen LogP contribution in [0.2, 0.25) is 0 Å². The zero-order chi connectivity index (χ0) is 10.4. The average molecular weight is 197 g/mol. The first-order valence-corrected chi connectivity index (χ1v) is 4.59. The lowest BCUT2D eigenvalue weighted by molar-refractivity contribution is -0.142. The first kappa shape index (κ1) is 10.9. The topological polar surface area (TPSA) is 70.3 Å². The lowest BCUT2D eigenvalue weighted by atomic mass is 10.4. The number of nitrogens with zero attached hydrogens (tertiary/aromatic N) is 2. The van der Waals surface area contributed by atoms with Gasteiger partial charge in [0.1, 0.15) is 5.69 Å². The van der Waals surface area contributed by atoms with Crippen molar-refractivity contribution in [1.82, 2.24) is 9.97 Å². The van der Waals surface area contributed by atoms with Gasteiger partial charge < -0.3 is 15.2 Å². The fourth-order valence-electron chi connectivity index (χ4n) is 1.04. The molecule has 14 heavy (non-hydrogen) atoms. The van der Waals surface area contributed by atoms with Crippen LogP contribution in [0.5, 0.6) is 0 Å². The molecule has 0 bridgehead atoms. The van der Waals surface area contributed by atoms with Crippen molar-refractivity contribution in [3.8, 4) is 0 Å². The Kier molecular flexibility index (Phi) is 4.28. The molecule has 0 radical (unpaired) electrons. The Hall–Kier alpha value is -1.20. The molecule has 1 aromatic rings. The predicted octanol–water partition coefficient (Wildman–Crippen LogP) is 1.13. The Morgan fingerprint density at radius 2 is 2.00 bits per heavy atom. The molecule has 78 valence electrons. The first-order chi connectivity index (χ1) is 6.77. The highest BCUT2D eigenvalue weighted by atomic mass is 16.7. The number of hydrogen-bond acceptors (Lipinski definition) is 5. The van der Waals surface area contributed by atoms with E-state index < -0.39 is 6.29 Å². The Morgan fingerprint density at radius 1 is 1.36 bits per heavy atom. The Balaban J connectivity index is 2.75. The van der Waals surface area contributed by atoms with Crippen LogP contribution >= 0.6 is 0 Å². The van der Waals surface area contributed by atoms with Crippen LogP contribution in [-0.4, -0.2) is 23.2 Å². The van der Waals surface area contributed by atoms with Gasteiger partial charge in [0.05, 0.1) is 0 Å². The van der Waals surface area contributed by atoms with E-state index in [2.05, 4.69) is 9.97 Å². The summed E-state index contributed by atoms with van der Waals surface area (Å²) >= 11 is 0. The van der Waals surface area contributed by atoms with Crippen molar-refractivity contribution in [1.29, 1.82) is 0 Å². The maximum absolute atomic E-state index is 5.46. The number of nitrogens with two attached hydrogens (primary N) is 1. The van der Waals surface area contributed by atoms with E-state index in [4.69, 9.17) is 15.2 Å². The Bertz CT molecular complexity index is 275. The van der Waals surface area contributed by atoms with Gasteiger partial charge in [-0.3, -0.25) is 0 Å². The molecule has 0 aliphatic rings. The molecule has 0 unspecified atom stereocenters. The molecule has 1 rings (SSSR count). The monoisotopic (exact) mass is 197 g/mol. The molecular formula is C9H15N3O2. The SMILES string of the molecule is CCOC(OCC)c1ccnc(N)n1. The van der Waals surface area contributed by atoms with Gasteiger partial charge in [-0.15, -0.1) is 0 Å². The minimum atomic E-state index is -0.449. The summed E-state index contributed by atoms with van der Waals surface area (Å²) < 4.78 is 10.7. The normalized spacial score (nSPS) is 10.8. The molecule has 0 saturated heterocycles. The number of anilines is 1. The summed E-state index contributed by atoms with van der Waals surface area (Å²) in [7, 11) is 0. The molecule has 0 aromatic carbocycles. The molecule has 0 aliphatic heterocycles. The lowest BCUT2D eigenvalue weighted by Crippen LogP contribution is -2.11. The molecule has 2 N–H and O–H groups in total. The van der Waals surface area contributed by atoms with Crippen molar-refractivity contribution < 1.29 is 9.47 Å². The van der Waals surface area contributed by atoms with Gasteiger partial charge in [0.25, 0.3) is 0 Å². The van der Waals surface area contributed by atoms with Gasteiger partial charge in [-0.05, 0) is 19.9 Å². The summed E-state index contributed by atoms with van der Waals surface area (Å²) in [6.07, 6.45) is 1.14. The van der Waals surface area contributed by atoms with Crippen molar-refractivity contribution in [3.05, 3.63) is 18.0 Å². The molecule has 0 saturated carbocycles. The number of rotatable bonds is 5. The molecule has 0 aliphatic carbocycles. The third-order valence-electron chi connectivity index (χ3n) is 1.57. The Labute approximate surface area is 83.3 Å².